The van der Waals surface area contributed by atoms with E-state index < -0.39 is 83.1 Å². The summed E-state index contributed by atoms with van der Waals surface area (Å²) in [6.07, 6.45) is -14.0. The number of carbonyl (C=O) groups is 2. The molecule has 1 amide bonds. The lowest BCUT2D eigenvalue weighted by molar-refractivity contribution is -0.144. The van der Waals surface area contributed by atoms with Gasteiger partial charge in [-0.15, -0.1) is 5.10 Å². The van der Waals surface area contributed by atoms with Crippen LogP contribution >= 0.6 is 0 Å². The molecule has 9 nitrogen and oxygen atoms in total. The summed E-state index contributed by atoms with van der Waals surface area (Å²) < 4.78 is 125. The van der Waals surface area contributed by atoms with E-state index in [9.17, 15) is 54.2 Å². The van der Waals surface area contributed by atoms with Crippen molar-refractivity contribution < 1.29 is 54.2 Å². The number of benzene rings is 2. The number of tetrazole rings is 1. The first-order chi connectivity index (χ1) is 22.8. The highest BCUT2D eigenvalue weighted by Gasteiger charge is 2.44. The highest BCUT2D eigenvalue weighted by Crippen LogP contribution is 2.47. The van der Waals surface area contributed by atoms with Crippen molar-refractivity contribution in [2.75, 3.05) is 9.80 Å². The Balaban J connectivity index is 1.64. The molecule has 49 heavy (non-hydrogen) atoms. The van der Waals surface area contributed by atoms with E-state index in [1.54, 1.807) is 6.92 Å². The molecule has 2 atom stereocenters. The van der Waals surface area contributed by atoms with Gasteiger partial charge in [-0.2, -0.15) is 44.3 Å². The van der Waals surface area contributed by atoms with Gasteiger partial charge < -0.3 is 14.9 Å². The molecular weight excluding hydrogens is 675 g/mol. The van der Waals surface area contributed by atoms with Gasteiger partial charge in [0.15, 0.2) is 0 Å². The van der Waals surface area contributed by atoms with Crippen LogP contribution in [0, 0.1) is 11.8 Å². The number of aliphatic carboxylic acids is 1. The van der Waals surface area contributed by atoms with E-state index in [1.807, 2.05) is 0 Å². The van der Waals surface area contributed by atoms with Crippen molar-refractivity contribution in [2.45, 2.75) is 82.6 Å². The Hall–Kier alpha value is -4.38. The van der Waals surface area contributed by atoms with Crippen LogP contribution in [-0.4, -0.2) is 43.2 Å². The van der Waals surface area contributed by atoms with E-state index in [2.05, 4.69) is 15.4 Å². The minimum atomic E-state index is -5.15. The molecule has 1 unspecified atom stereocenters. The zero-order chi connectivity index (χ0) is 36.1. The Bertz CT molecular complexity index is 1660. The lowest BCUT2D eigenvalue weighted by Crippen LogP contribution is -2.50. The van der Waals surface area contributed by atoms with Crippen LogP contribution in [0.25, 0.3) is 0 Å². The molecule has 2 heterocycles. The van der Waals surface area contributed by atoms with Crippen molar-refractivity contribution in [3.8, 4) is 0 Å². The lowest BCUT2D eigenvalue weighted by atomic mass is 9.80. The first-order valence-corrected chi connectivity index (χ1v) is 15.3. The van der Waals surface area contributed by atoms with E-state index >= 15 is 0 Å². The molecular formula is C31H31F9N6O3. The van der Waals surface area contributed by atoms with Crippen LogP contribution in [0.15, 0.2) is 36.4 Å². The fraction of sp³-hybridized carbons (Fsp3) is 0.516. The van der Waals surface area contributed by atoms with E-state index in [0.717, 1.165) is 23.0 Å². The summed E-state index contributed by atoms with van der Waals surface area (Å²) in [5.41, 5.74) is -4.70. The predicted octanol–water partition coefficient (Wildman–Crippen LogP) is 7.42. The maximum Gasteiger partial charge on any atom is 0.416 e. The van der Waals surface area contributed by atoms with Gasteiger partial charge in [-0.05, 0) is 91.3 Å². The molecule has 3 aromatic rings. The third kappa shape index (κ3) is 7.61. The van der Waals surface area contributed by atoms with Gasteiger partial charge >= 0.3 is 24.5 Å². The molecule has 1 aliphatic heterocycles. The first kappa shape index (κ1) is 35.9. The summed E-state index contributed by atoms with van der Waals surface area (Å²) in [6, 6.07) is 1.91. The number of aromatic nitrogens is 4. The molecule has 1 N–H and O–H groups in total. The third-order valence-electron chi connectivity index (χ3n) is 9.10. The molecule has 0 spiro atoms. The van der Waals surface area contributed by atoms with Crippen LogP contribution in [0.4, 0.5) is 51.1 Å². The number of carboxylic acid groups (broad SMARTS) is 1. The van der Waals surface area contributed by atoms with E-state index in [-0.39, 0.29) is 61.8 Å². The van der Waals surface area contributed by atoms with E-state index in [4.69, 9.17) is 0 Å². The second kappa shape index (κ2) is 13.2. The number of alkyl halides is 9. The summed E-state index contributed by atoms with van der Waals surface area (Å²) in [6.45, 7) is 1.04. The zero-order valence-corrected chi connectivity index (χ0v) is 26.1. The summed E-state index contributed by atoms with van der Waals surface area (Å²) in [5, 5.41) is 21.1. The highest BCUT2D eigenvalue weighted by atomic mass is 19.4. The number of nitrogens with zero attached hydrogens (tertiary/aromatic N) is 6. The van der Waals surface area contributed by atoms with Crippen LogP contribution in [0.5, 0.6) is 0 Å². The lowest BCUT2D eigenvalue weighted by Gasteiger charge is -2.45. The van der Waals surface area contributed by atoms with Gasteiger partial charge in [0.25, 0.3) is 5.95 Å². The average molecular weight is 707 g/mol. The van der Waals surface area contributed by atoms with E-state index in [1.165, 1.54) is 16.8 Å². The van der Waals surface area contributed by atoms with Gasteiger partial charge in [0.05, 0.1) is 35.7 Å². The van der Waals surface area contributed by atoms with Crippen molar-refractivity contribution >= 4 is 23.5 Å². The number of halogens is 9. The molecule has 1 aliphatic carbocycles. The maximum atomic E-state index is 14.1. The standard InChI is InChI=1S/C31H31F9N6O3/c1-3-22-14-25(45(28-41-43-44(2)42-28)15-16-10-20(30(35,36)37)12-21(11-16)31(38,39)40)23-13-19(29(32,33)34)8-9-24(23)46(22)26(47)17-4-6-18(7-5-17)27(48)49/h8-13,17-18,22,25H,3-7,14-15H2,1-2H3,(H,48,49)/t17-,18+,22-,25?/m1/s1. The van der Waals surface area contributed by atoms with Crippen molar-refractivity contribution in [3.63, 3.8) is 0 Å². The number of anilines is 2. The summed E-state index contributed by atoms with van der Waals surface area (Å²) in [7, 11) is 1.35. The third-order valence-corrected chi connectivity index (χ3v) is 9.10. The van der Waals surface area contributed by atoms with Gasteiger partial charge in [0.1, 0.15) is 0 Å². The Morgan fingerprint density at radius 2 is 1.43 bits per heavy atom. The van der Waals surface area contributed by atoms with Crippen LogP contribution in [0.3, 0.4) is 0 Å². The summed E-state index contributed by atoms with van der Waals surface area (Å²) >= 11 is 0. The van der Waals surface area contributed by atoms with Gasteiger partial charge in [-0.25, -0.2) is 0 Å². The largest absolute Gasteiger partial charge is 0.481 e. The smallest absolute Gasteiger partial charge is 0.416 e. The Kier molecular flexibility index (Phi) is 9.64. The fourth-order valence-electron chi connectivity index (χ4n) is 6.65. The summed E-state index contributed by atoms with van der Waals surface area (Å²) in [5.74, 6) is -2.90. The molecule has 0 radical (unpaired) electrons. The van der Waals surface area contributed by atoms with Crippen LogP contribution in [-0.2, 0) is 41.7 Å². The molecule has 2 aromatic carbocycles. The summed E-state index contributed by atoms with van der Waals surface area (Å²) in [4.78, 5) is 29.1. The van der Waals surface area contributed by atoms with Crippen LogP contribution in [0.1, 0.15) is 79.3 Å². The Morgan fingerprint density at radius 3 is 1.92 bits per heavy atom. The monoisotopic (exact) mass is 706 g/mol. The number of carboxylic acids is 1. The fourth-order valence-corrected chi connectivity index (χ4v) is 6.65. The molecule has 1 fully saturated rings. The number of hydrogen-bond acceptors (Lipinski definition) is 6. The molecule has 0 saturated heterocycles. The number of amides is 1. The molecule has 2 aliphatic rings. The van der Waals surface area contributed by atoms with Crippen molar-refractivity contribution in [1.29, 1.82) is 0 Å². The average Bonchev–Trinajstić information content (AvgIpc) is 3.46. The Morgan fingerprint density at radius 1 is 0.857 bits per heavy atom. The molecule has 0 bridgehead atoms. The number of aryl methyl sites for hydroxylation is 1. The minimum Gasteiger partial charge on any atom is -0.481 e. The second-order valence-corrected chi connectivity index (χ2v) is 12.3. The SMILES string of the molecule is CC[C@@H]1CC(N(Cc2cc(C(F)(F)F)cc(C(F)(F)F)c2)c2nnn(C)n2)c2cc(C(F)(F)F)ccc2N1C(=O)[C@H]1CC[C@@H](C(=O)O)CC1. The highest BCUT2D eigenvalue weighted by molar-refractivity contribution is 5.97. The molecule has 18 heteroatoms. The number of fused-ring (bicyclic) bond motifs is 1. The second-order valence-electron chi connectivity index (χ2n) is 12.3. The van der Waals surface area contributed by atoms with Gasteiger partial charge in [-0.1, -0.05) is 12.0 Å². The normalized spacial score (nSPS) is 21.7. The Labute approximate surface area is 273 Å². The molecule has 5 rings (SSSR count). The predicted molar refractivity (Wildman–Crippen MR) is 155 cm³/mol. The van der Waals surface area contributed by atoms with Gasteiger partial charge in [-0.3, -0.25) is 9.59 Å². The molecule has 1 saturated carbocycles. The quantitative estimate of drug-likeness (QED) is 0.255. The zero-order valence-electron chi connectivity index (χ0n) is 26.1. The maximum absolute atomic E-state index is 14.1. The van der Waals surface area contributed by atoms with Crippen LogP contribution < -0.4 is 9.80 Å². The van der Waals surface area contributed by atoms with Crippen LogP contribution in [0.2, 0.25) is 0 Å². The minimum absolute atomic E-state index is 0.0273. The number of hydrogen-bond donors (Lipinski definition) is 1. The van der Waals surface area contributed by atoms with Gasteiger partial charge in [0, 0.05) is 24.2 Å². The molecule has 1 aromatic heterocycles. The van der Waals surface area contributed by atoms with Crippen molar-refractivity contribution in [1.82, 2.24) is 20.2 Å². The van der Waals surface area contributed by atoms with E-state index in [0.29, 0.717) is 12.1 Å². The van der Waals surface area contributed by atoms with Gasteiger partial charge in [0.2, 0.25) is 5.91 Å². The number of carbonyl (C=O) groups excluding carboxylic acids is 1. The van der Waals surface area contributed by atoms with Crippen molar-refractivity contribution in [3.05, 3.63) is 64.2 Å². The molecule has 266 valence electrons. The number of rotatable bonds is 7. The first-order valence-electron chi connectivity index (χ1n) is 15.3. The topological polar surface area (TPSA) is 104 Å². The van der Waals surface area contributed by atoms with Crippen molar-refractivity contribution in [2.24, 2.45) is 18.9 Å².